The average molecular weight is 306 g/mol. The maximum Gasteiger partial charge on any atom is 0.238 e. The minimum Gasteiger partial charge on any atom is -0.323 e. The Hall–Kier alpha value is -1.53. The predicted molar refractivity (Wildman–Crippen MR) is 87.6 cm³/mol. The molecule has 1 N–H and O–H groups in total. The summed E-state index contributed by atoms with van der Waals surface area (Å²) in [7, 11) is 1.97. The Bertz CT molecular complexity index is 632. The van der Waals surface area contributed by atoms with E-state index in [-0.39, 0.29) is 11.3 Å². The molecule has 1 atom stereocenters. The van der Waals surface area contributed by atoms with Crippen molar-refractivity contribution in [3.8, 4) is 0 Å². The molecule has 114 valence electrons. The highest BCUT2D eigenvalue weighted by Gasteiger charge is 2.25. The minimum absolute atomic E-state index is 0.0332. The highest BCUT2D eigenvalue weighted by Crippen LogP contribution is 2.23. The number of amides is 1. The van der Waals surface area contributed by atoms with Crippen LogP contribution in [0, 0.1) is 5.41 Å². The molecular formula is C15H22N4OS. The second-order valence-corrected chi connectivity index (χ2v) is 6.97. The van der Waals surface area contributed by atoms with Crippen LogP contribution < -0.4 is 5.32 Å². The van der Waals surface area contributed by atoms with E-state index in [0.29, 0.717) is 12.6 Å². The quantitative estimate of drug-likeness (QED) is 0.943. The lowest BCUT2D eigenvalue weighted by atomic mass is 9.87. The summed E-state index contributed by atoms with van der Waals surface area (Å²) in [6, 6.07) is 5.93. The molecule has 0 aliphatic carbocycles. The standard InChI is InChI=1S/C15H22N4OS/c1-10(15(2,3)4)19(5)9-13(20)16-11-7-6-8-12-14(11)18-21-17-12/h6-8,10H,9H2,1-5H3,(H,16,20). The first-order valence-corrected chi connectivity index (χ1v) is 7.73. The SMILES string of the molecule is CC(N(C)CC(=O)Nc1cccc2nsnc12)C(C)(C)C. The van der Waals surface area contributed by atoms with Crippen LogP contribution in [0.1, 0.15) is 27.7 Å². The molecule has 0 aliphatic heterocycles. The number of fused-ring (bicyclic) bond motifs is 1. The molecule has 1 unspecified atom stereocenters. The van der Waals surface area contributed by atoms with Crippen molar-refractivity contribution in [2.45, 2.75) is 33.7 Å². The van der Waals surface area contributed by atoms with E-state index in [1.165, 1.54) is 0 Å². The van der Waals surface area contributed by atoms with Crippen molar-refractivity contribution in [2.75, 3.05) is 18.9 Å². The van der Waals surface area contributed by atoms with Crippen LogP contribution in [0.5, 0.6) is 0 Å². The van der Waals surface area contributed by atoms with Crippen molar-refractivity contribution in [1.82, 2.24) is 13.6 Å². The number of rotatable bonds is 4. The first kappa shape index (κ1) is 15.9. The summed E-state index contributed by atoms with van der Waals surface area (Å²) in [5, 5.41) is 2.93. The summed E-state index contributed by atoms with van der Waals surface area (Å²) in [6.45, 7) is 9.01. The minimum atomic E-state index is -0.0332. The van der Waals surface area contributed by atoms with E-state index in [4.69, 9.17) is 0 Å². The van der Waals surface area contributed by atoms with Gasteiger partial charge in [0.1, 0.15) is 11.0 Å². The zero-order valence-electron chi connectivity index (χ0n) is 13.2. The number of aromatic nitrogens is 2. The molecule has 1 amide bonds. The summed E-state index contributed by atoms with van der Waals surface area (Å²) < 4.78 is 8.40. The van der Waals surface area contributed by atoms with Crippen LogP contribution in [0.15, 0.2) is 18.2 Å². The Kier molecular flexibility index (Phi) is 4.58. The van der Waals surface area contributed by atoms with Gasteiger partial charge in [0.25, 0.3) is 0 Å². The van der Waals surface area contributed by atoms with Crippen molar-refractivity contribution in [1.29, 1.82) is 0 Å². The number of anilines is 1. The van der Waals surface area contributed by atoms with Crippen molar-refractivity contribution in [2.24, 2.45) is 5.41 Å². The van der Waals surface area contributed by atoms with Gasteiger partial charge in [-0.15, -0.1) is 0 Å². The second kappa shape index (κ2) is 6.07. The molecule has 1 aromatic heterocycles. The molecule has 0 saturated heterocycles. The molecule has 0 radical (unpaired) electrons. The van der Waals surface area contributed by atoms with E-state index in [1.54, 1.807) is 0 Å². The van der Waals surface area contributed by atoms with Gasteiger partial charge < -0.3 is 5.32 Å². The van der Waals surface area contributed by atoms with Gasteiger partial charge in [0.15, 0.2) is 0 Å². The fourth-order valence-electron chi connectivity index (χ4n) is 2.12. The normalized spacial score (nSPS) is 13.6. The van der Waals surface area contributed by atoms with E-state index >= 15 is 0 Å². The molecule has 0 bridgehead atoms. The maximum atomic E-state index is 12.2. The molecule has 1 heterocycles. The van der Waals surface area contributed by atoms with Crippen LogP contribution >= 0.6 is 11.7 Å². The monoisotopic (exact) mass is 306 g/mol. The first-order valence-electron chi connectivity index (χ1n) is 7.00. The van der Waals surface area contributed by atoms with Crippen molar-refractivity contribution in [3.63, 3.8) is 0 Å². The number of carbonyl (C=O) groups excluding carboxylic acids is 1. The Balaban J connectivity index is 2.04. The second-order valence-electron chi connectivity index (χ2n) is 6.44. The Labute approximate surface area is 129 Å². The third-order valence-corrected chi connectivity index (χ3v) is 4.41. The summed E-state index contributed by atoms with van der Waals surface area (Å²) in [5.74, 6) is -0.0332. The lowest BCUT2D eigenvalue weighted by Crippen LogP contribution is -2.43. The van der Waals surface area contributed by atoms with E-state index < -0.39 is 0 Å². The number of benzene rings is 1. The molecule has 6 heteroatoms. The third kappa shape index (κ3) is 3.77. The third-order valence-electron chi connectivity index (χ3n) is 3.87. The van der Waals surface area contributed by atoms with Gasteiger partial charge in [-0.1, -0.05) is 26.8 Å². The van der Waals surface area contributed by atoms with E-state index in [9.17, 15) is 4.79 Å². The molecule has 1 aromatic carbocycles. The largest absolute Gasteiger partial charge is 0.323 e. The van der Waals surface area contributed by atoms with Gasteiger partial charge in [-0.25, -0.2) is 0 Å². The smallest absolute Gasteiger partial charge is 0.238 e. The zero-order valence-corrected chi connectivity index (χ0v) is 14.0. The maximum absolute atomic E-state index is 12.2. The summed E-state index contributed by atoms with van der Waals surface area (Å²) >= 11 is 1.15. The van der Waals surface area contributed by atoms with Gasteiger partial charge >= 0.3 is 0 Å². The van der Waals surface area contributed by atoms with E-state index in [0.717, 1.165) is 28.4 Å². The highest BCUT2D eigenvalue weighted by molar-refractivity contribution is 7.00. The van der Waals surface area contributed by atoms with Gasteiger partial charge in [-0.2, -0.15) is 8.75 Å². The molecule has 2 aromatic rings. The molecule has 5 nitrogen and oxygen atoms in total. The first-order chi connectivity index (χ1) is 9.79. The lowest BCUT2D eigenvalue weighted by Gasteiger charge is -2.34. The number of hydrogen-bond donors (Lipinski definition) is 1. The number of nitrogens with zero attached hydrogens (tertiary/aromatic N) is 3. The number of carbonyl (C=O) groups is 1. The molecule has 2 rings (SSSR count). The molecule has 0 aliphatic rings. The number of hydrogen-bond acceptors (Lipinski definition) is 5. The fraction of sp³-hybridized carbons (Fsp3) is 0.533. The van der Waals surface area contributed by atoms with Gasteiger partial charge in [-0.05, 0) is 31.5 Å². The van der Waals surface area contributed by atoms with Gasteiger partial charge in [0, 0.05) is 6.04 Å². The van der Waals surface area contributed by atoms with Crippen LogP contribution in [0.4, 0.5) is 5.69 Å². The summed E-state index contributed by atoms with van der Waals surface area (Å²) in [4.78, 5) is 14.3. The molecule has 0 saturated carbocycles. The van der Waals surface area contributed by atoms with Crippen LogP contribution in [0.2, 0.25) is 0 Å². The number of nitrogens with one attached hydrogen (secondary N) is 1. The Morgan fingerprint density at radius 2 is 2.10 bits per heavy atom. The van der Waals surface area contributed by atoms with Gasteiger partial charge in [-0.3, -0.25) is 9.69 Å². The topological polar surface area (TPSA) is 58.1 Å². The molecule has 0 fully saturated rings. The molecule has 21 heavy (non-hydrogen) atoms. The van der Waals surface area contributed by atoms with Gasteiger partial charge in [0.2, 0.25) is 5.91 Å². The van der Waals surface area contributed by atoms with Crippen LogP contribution in [0.25, 0.3) is 11.0 Å². The lowest BCUT2D eigenvalue weighted by molar-refractivity contribution is -0.117. The van der Waals surface area contributed by atoms with E-state index in [2.05, 4.69) is 46.7 Å². The summed E-state index contributed by atoms with van der Waals surface area (Å²) in [6.07, 6.45) is 0. The van der Waals surface area contributed by atoms with Crippen molar-refractivity contribution in [3.05, 3.63) is 18.2 Å². The predicted octanol–water partition coefficient (Wildman–Crippen LogP) is 3.00. The van der Waals surface area contributed by atoms with Crippen molar-refractivity contribution < 1.29 is 4.79 Å². The fourth-order valence-corrected chi connectivity index (χ4v) is 2.67. The van der Waals surface area contributed by atoms with Gasteiger partial charge in [0.05, 0.1) is 24.0 Å². The van der Waals surface area contributed by atoms with Crippen LogP contribution in [-0.4, -0.2) is 39.2 Å². The number of likely N-dealkylation sites (N-methyl/N-ethyl adjacent to an activating group) is 1. The molecule has 0 spiro atoms. The van der Waals surface area contributed by atoms with E-state index in [1.807, 2.05) is 25.2 Å². The van der Waals surface area contributed by atoms with Crippen LogP contribution in [0.3, 0.4) is 0 Å². The Morgan fingerprint density at radius 3 is 2.76 bits per heavy atom. The average Bonchev–Trinajstić information content (AvgIpc) is 2.85. The van der Waals surface area contributed by atoms with Crippen molar-refractivity contribution >= 4 is 34.4 Å². The highest BCUT2D eigenvalue weighted by atomic mass is 32.1. The van der Waals surface area contributed by atoms with Crippen LogP contribution in [-0.2, 0) is 4.79 Å². The molecular weight excluding hydrogens is 284 g/mol. The summed E-state index contributed by atoms with van der Waals surface area (Å²) in [5.41, 5.74) is 2.42. The Morgan fingerprint density at radius 1 is 1.38 bits per heavy atom. The zero-order chi connectivity index (χ0) is 15.6.